The third-order valence-electron chi connectivity index (χ3n) is 5.97. The van der Waals surface area contributed by atoms with E-state index < -0.39 is 17.7 Å². The van der Waals surface area contributed by atoms with E-state index in [0.29, 0.717) is 41.6 Å². The molecule has 3 aromatic rings. The zero-order valence-electron chi connectivity index (χ0n) is 19.2. The van der Waals surface area contributed by atoms with Gasteiger partial charge < -0.3 is 20.1 Å². The van der Waals surface area contributed by atoms with Crippen LogP contribution >= 0.6 is 0 Å². The van der Waals surface area contributed by atoms with Gasteiger partial charge in [0, 0.05) is 29.9 Å². The van der Waals surface area contributed by atoms with E-state index in [1.165, 1.54) is 31.5 Å². The molecule has 1 aliphatic rings. The number of anilines is 2. The van der Waals surface area contributed by atoms with Crippen molar-refractivity contribution < 1.29 is 27.4 Å². The van der Waals surface area contributed by atoms with Crippen LogP contribution < -0.4 is 10.6 Å². The van der Waals surface area contributed by atoms with Crippen molar-refractivity contribution >= 4 is 28.2 Å². The maximum Gasteiger partial charge on any atom is 0.416 e. The van der Waals surface area contributed by atoms with Crippen LogP contribution in [0.15, 0.2) is 54.7 Å². The first-order chi connectivity index (χ1) is 16.9. The predicted octanol–water partition coefficient (Wildman–Crippen LogP) is 5.70. The summed E-state index contributed by atoms with van der Waals surface area (Å²) in [7, 11) is 0. The number of alkyl halides is 3. The summed E-state index contributed by atoms with van der Waals surface area (Å²) in [6.45, 7) is 2.10. The third kappa shape index (κ3) is 6.70. The predicted molar refractivity (Wildman–Crippen MR) is 128 cm³/mol. The highest BCUT2D eigenvalue weighted by molar-refractivity contribution is 5.99. The minimum absolute atomic E-state index is 0.129. The van der Waals surface area contributed by atoms with Crippen LogP contribution in [-0.4, -0.2) is 43.4 Å². The lowest BCUT2D eigenvalue weighted by molar-refractivity contribution is -0.137. The van der Waals surface area contributed by atoms with Crippen molar-refractivity contribution in [1.29, 1.82) is 0 Å². The zero-order chi connectivity index (χ0) is 24.7. The minimum atomic E-state index is -4.45. The third-order valence-corrected chi connectivity index (χ3v) is 5.97. The largest absolute Gasteiger partial charge is 0.460 e. The van der Waals surface area contributed by atoms with Crippen LogP contribution in [0.4, 0.5) is 24.5 Å². The van der Waals surface area contributed by atoms with Gasteiger partial charge in [-0.3, -0.25) is 4.98 Å². The van der Waals surface area contributed by atoms with Gasteiger partial charge in [0.15, 0.2) is 0 Å². The summed E-state index contributed by atoms with van der Waals surface area (Å²) in [6.07, 6.45) is 1.54. The Morgan fingerprint density at radius 2 is 1.91 bits per heavy atom. The van der Waals surface area contributed by atoms with E-state index in [1.54, 1.807) is 30.3 Å². The molecule has 0 aliphatic carbocycles. The van der Waals surface area contributed by atoms with E-state index in [1.807, 2.05) is 0 Å². The highest BCUT2D eigenvalue weighted by atomic mass is 19.4. The fourth-order valence-corrected chi connectivity index (χ4v) is 4.12. The maximum atomic E-state index is 13.1. The number of nitrogens with one attached hydrogen (secondary N) is 2. The van der Waals surface area contributed by atoms with Gasteiger partial charge in [0.2, 0.25) is 0 Å². The molecular weight excluding hydrogens is 459 g/mol. The van der Waals surface area contributed by atoms with Crippen LogP contribution in [0.25, 0.3) is 10.9 Å². The molecule has 0 amide bonds. The number of piperidine rings is 1. The van der Waals surface area contributed by atoms with Gasteiger partial charge in [-0.2, -0.15) is 13.2 Å². The monoisotopic (exact) mass is 487 g/mol. The SMILES string of the molecule is O=C(OCCOCCC1CCCCN1)c1ccccc1Nc1ccnc2cc(C(F)(F)F)ccc12. The number of hydrogen-bond acceptors (Lipinski definition) is 6. The van der Waals surface area contributed by atoms with Crippen LogP contribution in [0.5, 0.6) is 0 Å². The number of halogens is 3. The highest BCUT2D eigenvalue weighted by Gasteiger charge is 2.30. The van der Waals surface area contributed by atoms with Gasteiger partial charge in [-0.25, -0.2) is 4.79 Å². The van der Waals surface area contributed by atoms with Gasteiger partial charge in [-0.1, -0.05) is 24.6 Å². The van der Waals surface area contributed by atoms with Crippen molar-refractivity contribution in [3.05, 3.63) is 65.9 Å². The number of ether oxygens (including phenoxy) is 2. The second kappa shape index (κ2) is 11.5. The number of fused-ring (bicyclic) bond motifs is 1. The fourth-order valence-electron chi connectivity index (χ4n) is 4.12. The van der Waals surface area contributed by atoms with Crippen LogP contribution in [-0.2, 0) is 15.7 Å². The quantitative estimate of drug-likeness (QED) is 0.298. The van der Waals surface area contributed by atoms with Crippen LogP contribution in [0.1, 0.15) is 41.6 Å². The van der Waals surface area contributed by atoms with Crippen molar-refractivity contribution in [2.24, 2.45) is 0 Å². The summed E-state index contributed by atoms with van der Waals surface area (Å²) >= 11 is 0. The summed E-state index contributed by atoms with van der Waals surface area (Å²) in [5.74, 6) is -0.511. The number of rotatable bonds is 9. The number of esters is 1. The Bertz CT molecular complexity index is 1150. The Hall–Kier alpha value is -3.17. The lowest BCUT2D eigenvalue weighted by atomic mass is 10.0. The molecule has 1 atom stereocenters. The molecule has 0 bridgehead atoms. The molecule has 0 saturated carbocycles. The lowest BCUT2D eigenvalue weighted by Crippen LogP contribution is -2.34. The number of carbonyl (C=O) groups is 1. The number of carbonyl (C=O) groups excluding carboxylic acids is 1. The summed E-state index contributed by atoms with van der Waals surface area (Å²) in [5, 5.41) is 7.12. The molecule has 6 nitrogen and oxygen atoms in total. The molecule has 1 saturated heterocycles. The normalized spacial score (nSPS) is 16.3. The zero-order valence-corrected chi connectivity index (χ0v) is 19.2. The molecule has 2 aromatic carbocycles. The molecule has 35 heavy (non-hydrogen) atoms. The standard InChI is InChI=1S/C26H28F3N3O3/c27-26(28,29)18-8-9-20-23(10-13-31-24(20)17-18)32-22-7-2-1-6-21(22)25(33)35-16-15-34-14-11-19-5-3-4-12-30-19/h1-2,6-10,13,17,19,30H,3-5,11-12,14-16H2,(H,31,32). The van der Waals surface area contributed by atoms with Crippen LogP contribution in [0, 0.1) is 0 Å². The number of hydrogen-bond donors (Lipinski definition) is 2. The van der Waals surface area contributed by atoms with Crippen molar-refractivity contribution in [3.63, 3.8) is 0 Å². The topological polar surface area (TPSA) is 72.5 Å². The average Bonchev–Trinajstić information content (AvgIpc) is 2.86. The van der Waals surface area contributed by atoms with Gasteiger partial charge in [-0.05, 0) is 56.1 Å². The number of para-hydroxylation sites is 1. The average molecular weight is 488 g/mol. The molecule has 1 aromatic heterocycles. The molecular formula is C26H28F3N3O3. The summed E-state index contributed by atoms with van der Waals surface area (Å²) < 4.78 is 50.2. The molecule has 186 valence electrons. The first kappa shape index (κ1) is 24.9. The molecule has 4 rings (SSSR count). The molecule has 9 heteroatoms. The molecule has 0 radical (unpaired) electrons. The minimum Gasteiger partial charge on any atom is -0.460 e. The fraction of sp³-hybridized carbons (Fsp3) is 0.385. The lowest BCUT2D eigenvalue weighted by Gasteiger charge is -2.23. The van der Waals surface area contributed by atoms with Gasteiger partial charge >= 0.3 is 12.1 Å². The summed E-state index contributed by atoms with van der Waals surface area (Å²) in [5.41, 5.74) is 0.759. The van der Waals surface area contributed by atoms with E-state index in [2.05, 4.69) is 15.6 Å². The van der Waals surface area contributed by atoms with E-state index in [4.69, 9.17) is 9.47 Å². The number of pyridine rings is 1. The van der Waals surface area contributed by atoms with Gasteiger partial charge in [-0.15, -0.1) is 0 Å². The Morgan fingerprint density at radius 3 is 2.71 bits per heavy atom. The summed E-state index contributed by atoms with van der Waals surface area (Å²) in [4.78, 5) is 16.7. The molecule has 2 heterocycles. The van der Waals surface area contributed by atoms with Crippen molar-refractivity contribution in [2.45, 2.75) is 37.9 Å². The molecule has 1 aliphatic heterocycles. The number of nitrogens with zero attached hydrogens (tertiary/aromatic N) is 1. The van der Waals surface area contributed by atoms with Crippen molar-refractivity contribution in [2.75, 3.05) is 31.7 Å². The van der Waals surface area contributed by atoms with Gasteiger partial charge in [0.25, 0.3) is 0 Å². The van der Waals surface area contributed by atoms with E-state index in [0.717, 1.165) is 25.1 Å². The second-order valence-electron chi connectivity index (χ2n) is 8.44. The molecule has 1 fully saturated rings. The second-order valence-corrected chi connectivity index (χ2v) is 8.44. The smallest absolute Gasteiger partial charge is 0.416 e. The van der Waals surface area contributed by atoms with Gasteiger partial charge in [0.05, 0.1) is 28.9 Å². The Kier molecular flexibility index (Phi) is 8.20. The number of benzene rings is 2. The highest BCUT2D eigenvalue weighted by Crippen LogP contribution is 2.33. The van der Waals surface area contributed by atoms with Crippen LogP contribution in [0.2, 0.25) is 0 Å². The number of aromatic nitrogens is 1. The Morgan fingerprint density at radius 1 is 1.06 bits per heavy atom. The first-order valence-electron chi connectivity index (χ1n) is 11.7. The van der Waals surface area contributed by atoms with Crippen molar-refractivity contribution in [3.8, 4) is 0 Å². The molecule has 1 unspecified atom stereocenters. The van der Waals surface area contributed by atoms with Crippen molar-refractivity contribution in [1.82, 2.24) is 10.3 Å². The molecule has 2 N–H and O–H groups in total. The van der Waals surface area contributed by atoms with E-state index >= 15 is 0 Å². The Balaban J connectivity index is 1.35. The van der Waals surface area contributed by atoms with E-state index in [9.17, 15) is 18.0 Å². The van der Waals surface area contributed by atoms with Gasteiger partial charge in [0.1, 0.15) is 6.61 Å². The maximum absolute atomic E-state index is 13.1. The summed E-state index contributed by atoms with van der Waals surface area (Å²) in [6, 6.07) is 12.3. The van der Waals surface area contributed by atoms with Crippen LogP contribution in [0.3, 0.4) is 0 Å². The first-order valence-corrected chi connectivity index (χ1v) is 11.7. The van der Waals surface area contributed by atoms with E-state index in [-0.39, 0.29) is 12.1 Å². The molecule has 0 spiro atoms. The Labute approximate surface area is 201 Å².